The third-order valence-electron chi connectivity index (χ3n) is 2.13. The lowest BCUT2D eigenvalue weighted by Gasteiger charge is -2.24. The second kappa shape index (κ2) is 3.62. The summed E-state index contributed by atoms with van der Waals surface area (Å²) < 4.78 is 0. The molecule has 13 heavy (non-hydrogen) atoms. The quantitative estimate of drug-likeness (QED) is 0.639. The number of hydrogen-bond donors (Lipinski definition) is 0. The Labute approximate surface area is 80.0 Å². The molecule has 0 saturated carbocycles. The molecule has 0 aliphatic carbocycles. The topological polar surface area (TPSA) is 23.8 Å². The first-order valence-corrected chi connectivity index (χ1v) is 4.50. The summed E-state index contributed by atoms with van der Waals surface area (Å²) in [6, 6.07) is 12.3. The van der Waals surface area contributed by atoms with Crippen LogP contribution in [0, 0.1) is 16.7 Å². The molecule has 0 radical (unpaired) electrons. The summed E-state index contributed by atoms with van der Waals surface area (Å²) in [5.74, 6) is -0.0197. The Kier molecular flexibility index (Phi) is 2.72. The van der Waals surface area contributed by atoms with Crippen molar-refractivity contribution < 1.29 is 0 Å². The maximum absolute atomic E-state index is 9.07. The summed E-state index contributed by atoms with van der Waals surface area (Å²) in [6.45, 7) is 6.27. The third kappa shape index (κ3) is 2.32. The number of rotatable bonds is 1. The molecule has 0 spiro atoms. The van der Waals surface area contributed by atoms with Gasteiger partial charge in [0.25, 0.3) is 0 Å². The van der Waals surface area contributed by atoms with E-state index in [0.717, 1.165) is 5.56 Å². The van der Waals surface area contributed by atoms with E-state index in [-0.39, 0.29) is 11.3 Å². The highest BCUT2D eigenvalue weighted by atomic mass is 14.3. The minimum absolute atomic E-state index is 0.0100. The number of benzene rings is 1. The molecular formula is C12H15N. The van der Waals surface area contributed by atoms with Crippen LogP contribution in [-0.4, -0.2) is 0 Å². The Hall–Kier alpha value is -1.29. The minimum Gasteiger partial charge on any atom is -0.198 e. The zero-order valence-electron chi connectivity index (χ0n) is 8.41. The van der Waals surface area contributed by atoms with Crippen LogP contribution in [0.15, 0.2) is 30.3 Å². The first-order chi connectivity index (χ1) is 6.05. The average Bonchev–Trinajstić information content (AvgIpc) is 2.05. The average molecular weight is 173 g/mol. The van der Waals surface area contributed by atoms with E-state index < -0.39 is 0 Å². The summed E-state index contributed by atoms with van der Waals surface area (Å²) in [4.78, 5) is 0. The van der Waals surface area contributed by atoms with E-state index in [4.69, 9.17) is 5.26 Å². The van der Waals surface area contributed by atoms with E-state index in [1.165, 1.54) is 0 Å². The van der Waals surface area contributed by atoms with Crippen molar-refractivity contribution in [1.29, 1.82) is 5.26 Å². The molecule has 1 aromatic rings. The van der Waals surface area contributed by atoms with Gasteiger partial charge in [0.2, 0.25) is 0 Å². The van der Waals surface area contributed by atoms with Gasteiger partial charge in [-0.05, 0) is 11.0 Å². The van der Waals surface area contributed by atoms with Crippen molar-refractivity contribution >= 4 is 0 Å². The summed E-state index contributed by atoms with van der Waals surface area (Å²) in [7, 11) is 0. The van der Waals surface area contributed by atoms with Crippen molar-refractivity contribution in [3.63, 3.8) is 0 Å². The van der Waals surface area contributed by atoms with Crippen molar-refractivity contribution in [2.75, 3.05) is 0 Å². The zero-order valence-corrected chi connectivity index (χ0v) is 8.41. The second-order valence-electron chi connectivity index (χ2n) is 4.34. The predicted molar refractivity (Wildman–Crippen MR) is 54.3 cm³/mol. The molecule has 0 saturated heterocycles. The van der Waals surface area contributed by atoms with Gasteiger partial charge in [0, 0.05) is 0 Å². The predicted octanol–water partition coefficient (Wildman–Crippen LogP) is 3.34. The lowest BCUT2D eigenvalue weighted by atomic mass is 9.77. The maximum atomic E-state index is 9.07. The summed E-state index contributed by atoms with van der Waals surface area (Å²) >= 11 is 0. The molecule has 0 aliphatic heterocycles. The van der Waals surface area contributed by atoms with Gasteiger partial charge in [0.15, 0.2) is 0 Å². The van der Waals surface area contributed by atoms with Crippen LogP contribution >= 0.6 is 0 Å². The Morgan fingerprint density at radius 1 is 1.15 bits per heavy atom. The van der Waals surface area contributed by atoms with E-state index in [0.29, 0.717) is 0 Å². The standard InChI is InChI=1S/C12H15N/c1-12(2,3)11(9-13)10-7-5-4-6-8-10/h4-8,11H,1-3H3/t11-/m0/s1. The molecule has 1 atom stereocenters. The fraction of sp³-hybridized carbons (Fsp3) is 0.417. The van der Waals surface area contributed by atoms with Crippen molar-refractivity contribution in [2.24, 2.45) is 5.41 Å². The van der Waals surface area contributed by atoms with Gasteiger partial charge in [0.05, 0.1) is 12.0 Å². The van der Waals surface area contributed by atoms with E-state index >= 15 is 0 Å². The van der Waals surface area contributed by atoms with Gasteiger partial charge in [-0.25, -0.2) is 0 Å². The molecule has 0 fully saturated rings. The lowest BCUT2D eigenvalue weighted by Crippen LogP contribution is -2.16. The minimum atomic E-state index is -0.0197. The van der Waals surface area contributed by atoms with Gasteiger partial charge in [-0.1, -0.05) is 51.1 Å². The van der Waals surface area contributed by atoms with Gasteiger partial charge in [-0.2, -0.15) is 5.26 Å². The molecular weight excluding hydrogens is 158 g/mol. The highest BCUT2D eigenvalue weighted by Crippen LogP contribution is 2.33. The summed E-state index contributed by atoms with van der Waals surface area (Å²) in [6.07, 6.45) is 0. The van der Waals surface area contributed by atoms with Gasteiger partial charge in [-0.3, -0.25) is 0 Å². The summed E-state index contributed by atoms with van der Waals surface area (Å²) in [5, 5.41) is 9.07. The third-order valence-corrected chi connectivity index (χ3v) is 2.13. The van der Waals surface area contributed by atoms with Crippen LogP contribution in [0.1, 0.15) is 32.3 Å². The smallest absolute Gasteiger partial charge is 0.0761 e. The fourth-order valence-electron chi connectivity index (χ4n) is 1.41. The number of hydrogen-bond acceptors (Lipinski definition) is 1. The van der Waals surface area contributed by atoms with Crippen LogP contribution in [0.2, 0.25) is 0 Å². The van der Waals surface area contributed by atoms with E-state index in [1.807, 2.05) is 30.3 Å². The maximum Gasteiger partial charge on any atom is 0.0761 e. The van der Waals surface area contributed by atoms with Gasteiger partial charge in [-0.15, -0.1) is 0 Å². The van der Waals surface area contributed by atoms with Gasteiger partial charge < -0.3 is 0 Å². The molecule has 68 valence electrons. The van der Waals surface area contributed by atoms with Crippen molar-refractivity contribution in [2.45, 2.75) is 26.7 Å². The van der Waals surface area contributed by atoms with Crippen LogP contribution < -0.4 is 0 Å². The van der Waals surface area contributed by atoms with Crippen molar-refractivity contribution in [3.05, 3.63) is 35.9 Å². The highest BCUT2D eigenvalue weighted by Gasteiger charge is 2.25. The Morgan fingerprint density at radius 3 is 2.08 bits per heavy atom. The molecule has 0 heterocycles. The molecule has 1 nitrogen and oxygen atoms in total. The lowest BCUT2D eigenvalue weighted by molar-refractivity contribution is 0.373. The van der Waals surface area contributed by atoms with Crippen LogP contribution in [0.3, 0.4) is 0 Å². The van der Waals surface area contributed by atoms with Gasteiger partial charge in [0.1, 0.15) is 0 Å². The summed E-state index contributed by atoms with van der Waals surface area (Å²) in [5.41, 5.74) is 1.12. The van der Waals surface area contributed by atoms with E-state index in [1.54, 1.807) is 0 Å². The molecule has 0 N–H and O–H groups in total. The fourth-order valence-corrected chi connectivity index (χ4v) is 1.41. The van der Waals surface area contributed by atoms with Crippen LogP contribution in [0.5, 0.6) is 0 Å². The van der Waals surface area contributed by atoms with E-state index in [9.17, 15) is 0 Å². The highest BCUT2D eigenvalue weighted by molar-refractivity contribution is 5.26. The van der Waals surface area contributed by atoms with Crippen LogP contribution in [0.4, 0.5) is 0 Å². The first-order valence-electron chi connectivity index (χ1n) is 4.50. The number of nitriles is 1. The van der Waals surface area contributed by atoms with Gasteiger partial charge >= 0.3 is 0 Å². The van der Waals surface area contributed by atoms with Crippen molar-refractivity contribution in [3.8, 4) is 6.07 Å². The van der Waals surface area contributed by atoms with Crippen LogP contribution in [0.25, 0.3) is 0 Å². The second-order valence-corrected chi connectivity index (χ2v) is 4.34. The monoisotopic (exact) mass is 173 g/mol. The molecule has 1 rings (SSSR count). The molecule has 1 aromatic carbocycles. The molecule has 0 unspecified atom stereocenters. The molecule has 0 aliphatic rings. The normalized spacial score (nSPS) is 13.4. The van der Waals surface area contributed by atoms with Crippen LogP contribution in [-0.2, 0) is 0 Å². The number of nitrogens with zero attached hydrogens (tertiary/aromatic N) is 1. The molecule has 0 bridgehead atoms. The Bertz CT molecular complexity index is 300. The SMILES string of the molecule is CC(C)(C)[C@@H](C#N)c1ccccc1. The van der Waals surface area contributed by atoms with E-state index in [2.05, 4.69) is 26.8 Å². The first kappa shape index (κ1) is 9.80. The largest absolute Gasteiger partial charge is 0.198 e. The molecule has 0 amide bonds. The Balaban J connectivity index is 3.01. The zero-order chi connectivity index (χ0) is 9.90. The molecule has 0 aromatic heterocycles. The molecule has 1 heteroatoms. The Morgan fingerprint density at radius 2 is 1.69 bits per heavy atom. The van der Waals surface area contributed by atoms with Crippen molar-refractivity contribution in [1.82, 2.24) is 0 Å².